The van der Waals surface area contributed by atoms with Gasteiger partial charge in [0.25, 0.3) is 5.91 Å². The first kappa shape index (κ1) is 47.1. The summed E-state index contributed by atoms with van der Waals surface area (Å²) in [6.45, 7) is 6.51. The third-order valence-electron chi connectivity index (χ3n) is 14.4. The number of aliphatic hydroxyl groups excluding tert-OH is 1. The van der Waals surface area contributed by atoms with Crippen LogP contribution in [0.25, 0.3) is 31.7 Å². The molecule has 11 rings (SSSR count). The molecule has 0 radical (unpaired) electrons. The maximum atomic E-state index is 14.2. The predicted octanol–water partition coefficient (Wildman–Crippen LogP) is 10.8. The zero-order valence-corrected chi connectivity index (χ0v) is 42.9. The van der Waals surface area contributed by atoms with Gasteiger partial charge in [-0.1, -0.05) is 78.9 Å². The molecule has 0 spiro atoms. The van der Waals surface area contributed by atoms with Crippen molar-refractivity contribution >= 4 is 67.9 Å². The van der Waals surface area contributed by atoms with Gasteiger partial charge in [-0.25, -0.2) is 4.58 Å². The number of fused-ring (bicyclic) bond motifs is 2. The van der Waals surface area contributed by atoms with Crippen LogP contribution in [0.2, 0.25) is 0 Å². The van der Waals surface area contributed by atoms with Crippen molar-refractivity contribution in [1.29, 1.82) is 0 Å². The molecule has 1 unspecified atom stereocenters. The molecular weight excluding hydrogens is 941 g/mol. The molecule has 360 valence electrons. The number of carbonyl (C=O) groups excluding carboxylic acids is 1. The van der Waals surface area contributed by atoms with Gasteiger partial charge in [0.1, 0.15) is 17.1 Å². The number of thioether (sulfide) groups is 2. The van der Waals surface area contributed by atoms with Gasteiger partial charge in [-0.15, -0.1) is 34.9 Å². The minimum atomic E-state index is -1.39. The number of hydrogen-bond donors (Lipinski definition) is 1. The van der Waals surface area contributed by atoms with E-state index in [1.807, 2.05) is 114 Å². The number of hydrogen-bond acceptors (Lipinski definition) is 10. The summed E-state index contributed by atoms with van der Waals surface area (Å²) in [5.74, 6) is 3.29. The number of benzene rings is 7. The van der Waals surface area contributed by atoms with E-state index in [4.69, 9.17) is 14.2 Å². The zero-order valence-electron chi connectivity index (χ0n) is 40.5. The fourth-order valence-corrected chi connectivity index (χ4v) is 14.1. The van der Waals surface area contributed by atoms with Crippen LogP contribution in [0.4, 0.5) is 17.1 Å². The summed E-state index contributed by atoms with van der Waals surface area (Å²) in [6, 6.07) is 52.3. The Balaban J connectivity index is 0.905. The lowest BCUT2D eigenvalue weighted by molar-refractivity contribution is -0.146. The Kier molecular flexibility index (Phi) is 13.3. The Bertz CT molecular complexity index is 3220. The van der Waals surface area contributed by atoms with Crippen LogP contribution >= 0.6 is 34.9 Å². The quantitative estimate of drug-likeness (QED) is 0.0732. The van der Waals surface area contributed by atoms with Crippen LogP contribution in [0.1, 0.15) is 22.3 Å². The van der Waals surface area contributed by atoms with Gasteiger partial charge in [0.2, 0.25) is 5.36 Å². The van der Waals surface area contributed by atoms with Crippen molar-refractivity contribution in [2.24, 2.45) is 0 Å². The van der Waals surface area contributed by atoms with Crippen LogP contribution in [0.5, 0.6) is 11.5 Å². The van der Waals surface area contributed by atoms with Gasteiger partial charge >= 0.3 is 0 Å². The lowest BCUT2D eigenvalue weighted by Crippen LogP contribution is -2.53. The highest BCUT2D eigenvalue weighted by Gasteiger charge is 2.40. The van der Waals surface area contributed by atoms with E-state index in [-0.39, 0.29) is 12.5 Å². The van der Waals surface area contributed by atoms with Crippen molar-refractivity contribution in [3.63, 3.8) is 0 Å². The SMILES string of the molecule is COc1ccc(C(OCC(O)C(=O)N2CC[N+](=c3ccc4c(-c5cc6c7c(c5C)SCCN7CCS6)c5ccc(N(C)c6ccccc6)cc5sc-4c3)CC2)(c2ccccc2)c2ccc(OC)cc2)cc1. The summed E-state index contributed by atoms with van der Waals surface area (Å²) in [4.78, 5) is 24.9. The molecule has 0 saturated carbocycles. The zero-order chi connectivity index (χ0) is 48.6. The van der Waals surface area contributed by atoms with Crippen molar-refractivity contribution in [2.75, 3.05) is 88.4 Å². The number of piperazine rings is 1. The third-order valence-corrected chi connectivity index (χ3v) is 17.7. The van der Waals surface area contributed by atoms with Gasteiger partial charge in [0.05, 0.1) is 39.6 Å². The lowest BCUT2D eigenvalue weighted by Gasteiger charge is -2.37. The Morgan fingerprint density at radius 3 is 2.01 bits per heavy atom. The van der Waals surface area contributed by atoms with Crippen LogP contribution in [0, 0.1) is 6.92 Å². The Morgan fingerprint density at radius 2 is 1.35 bits per heavy atom. The normalized spacial score (nSPS) is 15.1. The summed E-state index contributed by atoms with van der Waals surface area (Å²) >= 11 is 5.84. The average Bonchev–Trinajstić information content (AvgIpc) is 3.43. The monoisotopic (exact) mass is 997 g/mol. The summed E-state index contributed by atoms with van der Waals surface area (Å²) < 4.78 is 21.5. The van der Waals surface area contributed by atoms with Crippen molar-refractivity contribution in [3.05, 3.63) is 179 Å². The number of rotatable bonds is 12. The van der Waals surface area contributed by atoms with Crippen molar-refractivity contribution in [3.8, 4) is 33.1 Å². The molecule has 9 nitrogen and oxygen atoms in total. The van der Waals surface area contributed by atoms with E-state index in [1.165, 1.54) is 52.7 Å². The van der Waals surface area contributed by atoms with E-state index in [0.29, 0.717) is 37.7 Å². The molecule has 4 heterocycles. The van der Waals surface area contributed by atoms with E-state index < -0.39 is 11.7 Å². The first-order chi connectivity index (χ1) is 34.7. The number of methoxy groups -OCH3 is 2. The molecule has 0 bridgehead atoms. The van der Waals surface area contributed by atoms with Crippen molar-refractivity contribution in [1.82, 2.24) is 9.48 Å². The standard InChI is InChI=1S/C59H57N4O5S3/c1-39-50(37-54-56-57(39)70-34-32-62(56)31-33-69-54)55-48-25-19-44(60(2)43-13-9-6-10-14-43)35-52(48)71-53-36-45(20-26-49(53)55)61-27-29-63(30-28-61)58(65)51(64)38-68-59(40-11-7-5-8-12-40,41-15-21-46(66-3)22-16-41)42-17-23-47(67-4)24-18-42/h5-26,35-37,51,64H,27-34,38H2,1-4H3/q+1. The Labute approximate surface area is 428 Å². The maximum Gasteiger partial charge on any atom is 0.254 e. The van der Waals surface area contributed by atoms with Gasteiger partial charge < -0.3 is 34.0 Å². The largest absolute Gasteiger partial charge is 0.497 e. The van der Waals surface area contributed by atoms with Gasteiger partial charge in [0, 0.05) is 85.5 Å². The van der Waals surface area contributed by atoms with Crippen LogP contribution in [0.15, 0.2) is 161 Å². The molecule has 6 aromatic rings. The minimum Gasteiger partial charge on any atom is -0.497 e. The van der Waals surface area contributed by atoms with E-state index in [1.54, 1.807) is 19.1 Å². The highest BCUT2D eigenvalue weighted by molar-refractivity contribution is 8.00. The second kappa shape index (κ2) is 20.1. The second-order valence-corrected chi connectivity index (χ2v) is 21.6. The van der Waals surface area contributed by atoms with E-state index >= 15 is 0 Å². The number of anilines is 3. The van der Waals surface area contributed by atoms with Gasteiger partial charge in [-0.3, -0.25) is 4.79 Å². The molecule has 6 aromatic carbocycles. The van der Waals surface area contributed by atoms with Gasteiger partial charge in [-0.05, 0) is 101 Å². The number of ether oxygens (including phenoxy) is 3. The smallest absolute Gasteiger partial charge is 0.254 e. The molecule has 1 atom stereocenters. The van der Waals surface area contributed by atoms with Crippen LogP contribution in [0.3, 0.4) is 0 Å². The van der Waals surface area contributed by atoms with E-state index in [2.05, 4.69) is 101 Å². The second-order valence-electron chi connectivity index (χ2n) is 18.3. The maximum absolute atomic E-state index is 14.2. The molecular formula is C59H57N4O5S3+. The minimum absolute atomic E-state index is 0.224. The topological polar surface area (TPSA) is 77.7 Å². The lowest BCUT2D eigenvalue weighted by atomic mass is 9.80. The third kappa shape index (κ3) is 8.84. The molecule has 1 aliphatic carbocycles. The molecule has 1 saturated heterocycles. The number of carbonyl (C=O) groups is 1. The van der Waals surface area contributed by atoms with Crippen LogP contribution < -0.4 is 29.2 Å². The van der Waals surface area contributed by atoms with Crippen molar-refractivity contribution in [2.45, 2.75) is 28.4 Å². The fraction of sp³-hybridized carbons (Fsp3) is 0.254. The highest BCUT2D eigenvalue weighted by Crippen LogP contribution is 2.53. The number of nitrogens with zero attached hydrogens (tertiary/aromatic N) is 4. The number of amides is 1. The van der Waals surface area contributed by atoms with Gasteiger partial charge in [0.15, 0.2) is 19.2 Å². The number of aliphatic hydroxyl groups is 1. The average molecular weight is 998 g/mol. The summed E-state index contributed by atoms with van der Waals surface area (Å²) in [5.41, 5.74) is 10.3. The number of para-hydroxylation sites is 1. The van der Waals surface area contributed by atoms with Crippen LogP contribution in [-0.2, 0) is 15.1 Å². The van der Waals surface area contributed by atoms with E-state index in [9.17, 15) is 9.90 Å². The summed E-state index contributed by atoms with van der Waals surface area (Å²) in [6.07, 6.45) is -1.39. The molecule has 1 N–H and O–H groups in total. The predicted molar refractivity (Wildman–Crippen MR) is 293 cm³/mol. The molecule has 5 aliphatic rings. The van der Waals surface area contributed by atoms with E-state index in [0.717, 1.165) is 58.0 Å². The molecule has 1 fully saturated rings. The molecule has 1 amide bonds. The summed E-state index contributed by atoms with van der Waals surface area (Å²) in [5, 5.41) is 14.1. The first-order valence-electron chi connectivity index (χ1n) is 24.3. The summed E-state index contributed by atoms with van der Waals surface area (Å²) in [7, 11) is 5.42. The fourth-order valence-electron chi connectivity index (χ4n) is 10.5. The Morgan fingerprint density at radius 1 is 0.718 bits per heavy atom. The van der Waals surface area contributed by atoms with Crippen molar-refractivity contribution < 1.29 is 24.1 Å². The highest BCUT2D eigenvalue weighted by atomic mass is 32.2. The van der Waals surface area contributed by atoms with Gasteiger partial charge in [-0.2, -0.15) is 0 Å². The van der Waals surface area contributed by atoms with Crippen LogP contribution in [-0.4, -0.2) is 101 Å². The Hall–Kier alpha value is -6.28. The molecule has 71 heavy (non-hydrogen) atoms. The molecule has 12 heteroatoms. The molecule has 0 aromatic heterocycles. The first-order valence-corrected chi connectivity index (χ1v) is 27.0. The molecule has 4 aliphatic heterocycles.